The van der Waals surface area contributed by atoms with Crippen molar-refractivity contribution >= 4 is 27.4 Å². The summed E-state index contributed by atoms with van der Waals surface area (Å²) in [6.45, 7) is 0.910. The zero-order chi connectivity index (χ0) is 19.0. The highest BCUT2D eigenvalue weighted by Gasteiger charge is 2.21. The van der Waals surface area contributed by atoms with Gasteiger partial charge in [-0.05, 0) is 39.2 Å². The predicted molar refractivity (Wildman–Crippen MR) is 92.2 cm³/mol. The van der Waals surface area contributed by atoms with Crippen LogP contribution in [-0.2, 0) is 14.8 Å². The number of anilines is 1. The van der Waals surface area contributed by atoms with Gasteiger partial charge in [-0.15, -0.1) is 0 Å². The third-order valence-electron chi connectivity index (χ3n) is 3.20. The molecule has 0 aliphatic rings. The van der Waals surface area contributed by atoms with Crippen LogP contribution in [0.5, 0.6) is 0 Å². The molecule has 0 atom stereocenters. The minimum Gasteiger partial charge on any atom is -0.481 e. The van der Waals surface area contributed by atoms with E-state index in [1.54, 1.807) is 0 Å². The molecule has 1 aromatic carbocycles. The van der Waals surface area contributed by atoms with Crippen LogP contribution >= 0.6 is 0 Å². The average Bonchev–Trinajstić information content (AvgIpc) is 2.51. The van der Waals surface area contributed by atoms with Crippen LogP contribution < -0.4 is 10.0 Å². The van der Waals surface area contributed by atoms with E-state index in [4.69, 9.17) is 5.11 Å². The lowest BCUT2D eigenvalue weighted by Gasteiger charge is -2.11. The highest BCUT2D eigenvalue weighted by molar-refractivity contribution is 7.89. The number of carbonyl (C=O) groups is 1. The fourth-order valence-corrected chi connectivity index (χ4v) is 3.06. The van der Waals surface area contributed by atoms with Crippen LogP contribution in [0.25, 0.3) is 0 Å². The molecule has 0 fully saturated rings. The fraction of sp³-hybridized carbons (Fsp3) is 0.500. The van der Waals surface area contributed by atoms with Gasteiger partial charge in [0.2, 0.25) is 10.0 Å². The Kier molecular flexibility index (Phi) is 7.74. The van der Waals surface area contributed by atoms with Crippen molar-refractivity contribution in [2.45, 2.75) is 17.7 Å². The summed E-state index contributed by atoms with van der Waals surface area (Å²) >= 11 is 0. The Labute approximate surface area is 146 Å². The van der Waals surface area contributed by atoms with E-state index in [1.807, 2.05) is 19.0 Å². The van der Waals surface area contributed by atoms with Crippen molar-refractivity contribution in [1.29, 1.82) is 0 Å². The van der Waals surface area contributed by atoms with Gasteiger partial charge in [-0.1, -0.05) is 0 Å². The van der Waals surface area contributed by atoms with E-state index < -0.39 is 26.6 Å². The van der Waals surface area contributed by atoms with Crippen LogP contribution in [0.15, 0.2) is 23.1 Å². The summed E-state index contributed by atoms with van der Waals surface area (Å²) in [6, 6.07) is 3.45. The van der Waals surface area contributed by atoms with Crippen LogP contribution in [0.3, 0.4) is 0 Å². The SMILES string of the molecule is CN(C)CCCNS(=O)(=O)c1ccc(NCCC(=O)O)c([N+](=O)[O-])c1. The molecule has 11 heteroatoms. The quantitative estimate of drug-likeness (QED) is 0.292. The first kappa shape index (κ1) is 20.8. The first-order valence-electron chi connectivity index (χ1n) is 7.52. The number of carboxylic acid groups (broad SMARTS) is 1. The van der Waals surface area contributed by atoms with Crippen molar-refractivity contribution in [2.75, 3.05) is 39.0 Å². The maximum atomic E-state index is 12.2. The summed E-state index contributed by atoms with van der Waals surface area (Å²) in [7, 11) is -0.122. The molecular formula is C14H22N4O6S. The number of nitro groups is 1. The molecular weight excluding hydrogens is 352 g/mol. The van der Waals surface area contributed by atoms with Crippen LogP contribution in [0.2, 0.25) is 0 Å². The predicted octanol–water partition coefficient (Wildman–Crippen LogP) is 0.711. The second-order valence-electron chi connectivity index (χ2n) is 5.56. The third-order valence-corrected chi connectivity index (χ3v) is 4.66. The first-order chi connectivity index (χ1) is 11.6. The number of rotatable bonds is 11. The molecule has 0 saturated carbocycles. The van der Waals surface area contributed by atoms with Crippen LogP contribution in [0.1, 0.15) is 12.8 Å². The van der Waals surface area contributed by atoms with E-state index in [0.717, 1.165) is 6.07 Å². The van der Waals surface area contributed by atoms with Crippen molar-refractivity contribution in [3.8, 4) is 0 Å². The summed E-state index contributed by atoms with van der Waals surface area (Å²) in [6.07, 6.45) is 0.383. The molecule has 0 aliphatic carbocycles. The molecule has 0 bridgehead atoms. The van der Waals surface area contributed by atoms with Crippen molar-refractivity contribution in [1.82, 2.24) is 9.62 Å². The van der Waals surface area contributed by atoms with Gasteiger partial charge in [0.05, 0.1) is 16.2 Å². The van der Waals surface area contributed by atoms with Crippen molar-refractivity contribution in [3.05, 3.63) is 28.3 Å². The Balaban J connectivity index is 2.88. The Morgan fingerprint density at radius 2 is 2.00 bits per heavy atom. The summed E-state index contributed by atoms with van der Waals surface area (Å²) in [5.41, 5.74) is -0.362. The smallest absolute Gasteiger partial charge is 0.305 e. The molecule has 1 aromatic rings. The maximum absolute atomic E-state index is 12.2. The van der Waals surface area contributed by atoms with E-state index in [2.05, 4.69) is 10.0 Å². The Bertz CT molecular complexity index is 720. The second-order valence-corrected chi connectivity index (χ2v) is 7.33. The highest BCUT2D eigenvalue weighted by Crippen LogP contribution is 2.27. The first-order valence-corrected chi connectivity index (χ1v) is 9.00. The Morgan fingerprint density at radius 3 is 2.56 bits per heavy atom. The van der Waals surface area contributed by atoms with Crippen LogP contribution in [0, 0.1) is 10.1 Å². The van der Waals surface area contributed by atoms with Gasteiger partial charge in [-0.2, -0.15) is 0 Å². The van der Waals surface area contributed by atoms with E-state index in [-0.39, 0.29) is 30.1 Å². The summed E-state index contributed by atoms with van der Waals surface area (Å²) in [4.78, 5) is 22.6. The molecule has 25 heavy (non-hydrogen) atoms. The molecule has 0 unspecified atom stereocenters. The molecule has 140 valence electrons. The lowest BCUT2D eigenvalue weighted by molar-refractivity contribution is -0.384. The van der Waals surface area contributed by atoms with Crippen LogP contribution in [0.4, 0.5) is 11.4 Å². The van der Waals surface area contributed by atoms with Crippen molar-refractivity contribution in [2.24, 2.45) is 0 Å². The summed E-state index contributed by atoms with van der Waals surface area (Å²) in [5, 5.41) is 22.4. The Hall–Kier alpha value is -2.24. The fourth-order valence-electron chi connectivity index (χ4n) is 1.97. The zero-order valence-corrected chi connectivity index (χ0v) is 14.9. The van der Waals surface area contributed by atoms with Gasteiger partial charge in [0.1, 0.15) is 5.69 Å². The molecule has 0 aliphatic heterocycles. The van der Waals surface area contributed by atoms with E-state index >= 15 is 0 Å². The number of hydrogen-bond acceptors (Lipinski definition) is 7. The van der Waals surface area contributed by atoms with Gasteiger partial charge < -0.3 is 15.3 Å². The monoisotopic (exact) mass is 374 g/mol. The molecule has 0 aromatic heterocycles. The maximum Gasteiger partial charge on any atom is 0.305 e. The number of hydrogen-bond donors (Lipinski definition) is 3. The second kappa shape index (κ2) is 9.30. The lowest BCUT2D eigenvalue weighted by atomic mass is 10.2. The summed E-state index contributed by atoms with van der Waals surface area (Å²) < 4.78 is 26.8. The highest BCUT2D eigenvalue weighted by atomic mass is 32.2. The largest absolute Gasteiger partial charge is 0.481 e. The minimum absolute atomic E-state index is 0.00887. The van der Waals surface area contributed by atoms with Gasteiger partial charge in [-0.3, -0.25) is 14.9 Å². The van der Waals surface area contributed by atoms with Gasteiger partial charge in [0.25, 0.3) is 5.69 Å². The number of aliphatic carboxylic acids is 1. The molecule has 3 N–H and O–H groups in total. The average molecular weight is 374 g/mol. The molecule has 1 rings (SSSR count). The number of benzene rings is 1. The molecule has 0 spiro atoms. The standard InChI is InChI=1S/C14H22N4O6S/c1-17(2)9-3-7-16-25(23,24)11-4-5-12(13(10-11)18(21)22)15-8-6-14(19)20/h4-5,10,15-16H,3,6-9H2,1-2H3,(H,19,20). The number of nitrogens with one attached hydrogen (secondary N) is 2. The molecule has 0 amide bonds. The normalized spacial score (nSPS) is 11.5. The zero-order valence-electron chi connectivity index (χ0n) is 14.1. The van der Waals surface area contributed by atoms with E-state index in [0.29, 0.717) is 13.0 Å². The summed E-state index contributed by atoms with van der Waals surface area (Å²) in [5.74, 6) is -1.05. The van der Waals surface area contributed by atoms with E-state index in [9.17, 15) is 23.3 Å². The molecule has 10 nitrogen and oxygen atoms in total. The van der Waals surface area contributed by atoms with E-state index in [1.165, 1.54) is 12.1 Å². The van der Waals surface area contributed by atoms with Crippen molar-refractivity contribution in [3.63, 3.8) is 0 Å². The van der Waals surface area contributed by atoms with Gasteiger partial charge in [0, 0.05) is 19.2 Å². The van der Waals surface area contributed by atoms with Gasteiger partial charge in [-0.25, -0.2) is 13.1 Å². The Morgan fingerprint density at radius 1 is 1.32 bits per heavy atom. The van der Waals surface area contributed by atoms with Crippen molar-refractivity contribution < 1.29 is 23.2 Å². The molecule has 0 heterocycles. The van der Waals surface area contributed by atoms with Gasteiger partial charge >= 0.3 is 5.97 Å². The van der Waals surface area contributed by atoms with Gasteiger partial charge in [0.15, 0.2) is 0 Å². The molecule has 0 saturated heterocycles. The number of nitrogens with zero attached hydrogens (tertiary/aromatic N) is 2. The third kappa shape index (κ3) is 7.03. The van der Waals surface area contributed by atoms with Crippen LogP contribution in [-0.4, -0.2) is 63.0 Å². The molecule has 0 radical (unpaired) electrons. The lowest BCUT2D eigenvalue weighted by Crippen LogP contribution is -2.27. The topological polar surface area (TPSA) is 142 Å². The number of carboxylic acids is 1. The minimum atomic E-state index is -3.86. The number of sulfonamides is 1. The number of nitro benzene ring substituents is 1.